The van der Waals surface area contributed by atoms with Crippen molar-refractivity contribution in [3.63, 3.8) is 0 Å². The highest BCUT2D eigenvalue weighted by Crippen LogP contribution is 2.21. The average Bonchev–Trinajstić information content (AvgIpc) is 2.39. The van der Waals surface area contributed by atoms with Crippen LogP contribution in [0.15, 0.2) is 12.3 Å². The fourth-order valence-electron chi connectivity index (χ4n) is 2.20. The van der Waals surface area contributed by atoms with Gasteiger partial charge in [-0.1, -0.05) is 13.8 Å². The molecule has 1 saturated heterocycles. The van der Waals surface area contributed by atoms with Crippen molar-refractivity contribution < 1.29 is 0 Å². The Morgan fingerprint density at radius 2 is 2.12 bits per heavy atom. The van der Waals surface area contributed by atoms with Crippen molar-refractivity contribution in [2.75, 3.05) is 24.5 Å². The maximum atomic E-state index is 5.70. The molecule has 0 aliphatic carbocycles. The molecule has 0 saturated carbocycles. The van der Waals surface area contributed by atoms with Crippen molar-refractivity contribution in [3.05, 3.63) is 18.0 Å². The van der Waals surface area contributed by atoms with Gasteiger partial charge in [0.2, 0.25) is 5.95 Å². The number of piperidine rings is 1. The normalized spacial score (nSPS) is 17.8. The molecule has 0 amide bonds. The molecule has 1 aromatic heterocycles. The minimum Gasteiger partial charge on any atom is -0.341 e. The van der Waals surface area contributed by atoms with E-state index in [-0.39, 0.29) is 0 Å². The van der Waals surface area contributed by atoms with E-state index < -0.39 is 0 Å². The smallest absolute Gasteiger partial charge is 0.225 e. The van der Waals surface area contributed by atoms with Gasteiger partial charge in [-0.15, -0.1) is 0 Å². The zero-order chi connectivity index (χ0) is 12.3. The van der Waals surface area contributed by atoms with Gasteiger partial charge < -0.3 is 10.6 Å². The molecule has 0 bridgehead atoms. The van der Waals surface area contributed by atoms with Crippen LogP contribution < -0.4 is 10.6 Å². The third-order valence-electron chi connectivity index (χ3n) is 3.49. The third-order valence-corrected chi connectivity index (χ3v) is 3.49. The Morgan fingerprint density at radius 3 is 2.71 bits per heavy atom. The van der Waals surface area contributed by atoms with Crippen LogP contribution in [0, 0.1) is 5.92 Å². The molecule has 0 spiro atoms. The zero-order valence-corrected chi connectivity index (χ0v) is 10.8. The first kappa shape index (κ1) is 12.3. The highest BCUT2D eigenvalue weighted by Gasteiger charge is 2.20. The van der Waals surface area contributed by atoms with Crippen molar-refractivity contribution in [1.82, 2.24) is 9.97 Å². The summed E-state index contributed by atoms with van der Waals surface area (Å²) in [6.45, 7) is 7.19. The fraction of sp³-hybridized carbons (Fsp3) is 0.692. The van der Waals surface area contributed by atoms with E-state index in [1.807, 2.05) is 12.3 Å². The van der Waals surface area contributed by atoms with Gasteiger partial charge in [0.1, 0.15) is 0 Å². The van der Waals surface area contributed by atoms with Gasteiger partial charge in [0.05, 0.1) is 0 Å². The molecule has 1 aliphatic rings. The van der Waals surface area contributed by atoms with Crippen LogP contribution in [0.2, 0.25) is 0 Å². The summed E-state index contributed by atoms with van der Waals surface area (Å²) in [7, 11) is 0. The van der Waals surface area contributed by atoms with Gasteiger partial charge in [0, 0.05) is 25.0 Å². The van der Waals surface area contributed by atoms with Gasteiger partial charge in [-0.3, -0.25) is 0 Å². The lowest BCUT2D eigenvalue weighted by molar-refractivity contribution is 0.411. The number of rotatable bonds is 3. The standard InChI is InChI=1S/C13H22N4/c1-10(2)12-3-6-15-13(16-12)17-7-4-11(9-14)5-8-17/h3,6,10-11H,4-5,7-9,14H2,1-2H3. The Bertz CT molecular complexity index is 356. The van der Waals surface area contributed by atoms with Crippen molar-refractivity contribution in [3.8, 4) is 0 Å². The Kier molecular flexibility index (Phi) is 3.94. The van der Waals surface area contributed by atoms with Crippen LogP contribution >= 0.6 is 0 Å². The molecule has 0 atom stereocenters. The van der Waals surface area contributed by atoms with E-state index in [1.54, 1.807) is 0 Å². The van der Waals surface area contributed by atoms with E-state index in [9.17, 15) is 0 Å². The Balaban J connectivity index is 2.05. The molecule has 1 aromatic rings. The molecule has 0 aromatic carbocycles. The van der Waals surface area contributed by atoms with E-state index in [4.69, 9.17) is 5.73 Å². The predicted molar refractivity (Wildman–Crippen MR) is 70.1 cm³/mol. The van der Waals surface area contributed by atoms with Crippen LogP contribution in [-0.4, -0.2) is 29.6 Å². The molecule has 0 radical (unpaired) electrons. The lowest BCUT2D eigenvalue weighted by Crippen LogP contribution is -2.37. The van der Waals surface area contributed by atoms with Gasteiger partial charge >= 0.3 is 0 Å². The van der Waals surface area contributed by atoms with Crippen LogP contribution in [0.4, 0.5) is 5.95 Å². The summed E-state index contributed by atoms with van der Waals surface area (Å²) in [5, 5.41) is 0. The van der Waals surface area contributed by atoms with Crippen LogP contribution in [0.3, 0.4) is 0 Å². The summed E-state index contributed by atoms with van der Waals surface area (Å²) in [5.41, 5.74) is 6.82. The van der Waals surface area contributed by atoms with E-state index in [2.05, 4.69) is 28.7 Å². The zero-order valence-electron chi connectivity index (χ0n) is 10.8. The van der Waals surface area contributed by atoms with E-state index in [1.165, 1.54) is 0 Å². The molecule has 0 unspecified atom stereocenters. The van der Waals surface area contributed by atoms with Gasteiger partial charge in [0.15, 0.2) is 0 Å². The molecule has 2 N–H and O–H groups in total. The van der Waals surface area contributed by atoms with Gasteiger partial charge in [-0.05, 0) is 37.3 Å². The predicted octanol–water partition coefficient (Wildman–Crippen LogP) is 1.78. The first-order chi connectivity index (χ1) is 8.20. The van der Waals surface area contributed by atoms with Crippen LogP contribution in [0.25, 0.3) is 0 Å². The largest absolute Gasteiger partial charge is 0.341 e. The first-order valence-electron chi connectivity index (χ1n) is 6.48. The lowest BCUT2D eigenvalue weighted by atomic mass is 9.97. The lowest BCUT2D eigenvalue weighted by Gasteiger charge is -2.31. The molecule has 2 rings (SSSR count). The second-order valence-corrected chi connectivity index (χ2v) is 5.10. The van der Waals surface area contributed by atoms with Crippen molar-refractivity contribution in [1.29, 1.82) is 0 Å². The van der Waals surface area contributed by atoms with Crippen molar-refractivity contribution >= 4 is 5.95 Å². The van der Waals surface area contributed by atoms with Gasteiger partial charge in [-0.25, -0.2) is 9.97 Å². The fourth-order valence-corrected chi connectivity index (χ4v) is 2.20. The number of hydrogen-bond donors (Lipinski definition) is 1. The number of hydrogen-bond acceptors (Lipinski definition) is 4. The maximum Gasteiger partial charge on any atom is 0.225 e. The maximum absolute atomic E-state index is 5.70. The Morgan fingerprint density at radius 1 is 1.41 bits per heavy atom. The molecule has 4 heteroatoms. The SMILES string of the molecule is CC(C)c1ccnc(N2CCC(CN)CC2)n1. The number of aromatic nitrogens is 2. The highest BCUT2D eigenvalue weighted by atomic mass is 15.2. The molecule has 1 fully saturated rings. The Labute approximate surface area is 103 Å². The number of nitrogens with two attached hydrogens (primary N) is 1. The topological polar surface area (TPSA) is 55.0 Å². The second-order valence-electron chi connectivity index (χ2n) is 5.10. The summed E-state index contributed by atoms with van der Waals surface area (Å²) < 4.78 is 0. The van der Waals surface area contributed by atoms with Gasteiger partial charge in [-0.2, -0.15) is 0 Å². The quantitative estimate of drug-likeness (QED) is 0.866. The summed E-state index contributed by atoms with van der Waals surface area (Å²) in [4.78, 5) is 11.3. The minimum absolute atomic E-state index is 0.457. The second kappa shape index (κ2) is 5.45. The molecule has 2 heterocycles. The summed E-state index contributed by atoms with van der Waals surface area (Å²) in [5.74, 6) is 2.02. The van der Waals surface area contributed by atoms with Crippen molar-refractivity contribution in [2.24, 2.45) is 11.7 Å². The van der Waals surface area contributed by atoms with E-state index >= 15 is 0 Å². The molecule has 94 valence electrons. The monoisotopic (exact) mass is 234 g/mol. The first-order valence-corrected chi connectivity index (χ1v) is 6.48. The van der Waals surface area contributed by atoms with E-state index in [0.717, 1.165) is 44.1 Å². The van der Waals surface area contributed by atoms with Crippen LogP contribution in [0.1, 0.15) is 38.3 Å². The minimum atomic E-state index is 0.457. The number of nitrogens with zero attached hydrogens (tertiary/aromatic N) is 3. The molecule has 1 aliphatic heterocycles. The molecule has 17 heavy (non-hydrogen) atoms. The van der Waals surface area contributed by atoms with Gasteiger partial charge in [0.25, 0.3) is 0 Å². The number of anilines is 1. The Hall–Kier alpha value is -1.16. The van der Waals surface area contributed by atoms with Crippen LogP contribution in [0.5, 0.6) is 0 Å². The molecular formula is C13H22N4. The van der Waals surface area contributed by atoms with Crippen molar-refractivity contribution in [2.45, 2.75) is 32.6 Å². The van der Waals surface area contributed by atoms with E-state index in [0.29, 0.717) is 11.8 Å². The van der Waals surface area contributed by atoms with Crippen LogP contribution in [-0.2, 0) is 0 Å². The third kappa shape index (κ3) is 2.94. The highest BCUT2D eigenvalue weighted by molar-refractivity contribution is 5.31. The molecule has 4 nitrogen and oxygen atoms in total. The molecular weight excluding hydrogens is 212 g/mol. The summed E-state index contributed by atoms with van der Waals surface area (Å²) in [6.07, 6.45) is 4.18. The summed E-state index contributed by atoms with van der Waals surface area (Å²) in [6, 6.07) is 2.00. The average molecular weight is 234 g/mol. The summed E-state index contributed by atoms with van der Waals surface area (Å²) >= 11 is 0.